The Hall–Kier alpha value is 0.269. The van der Waals surface area contributed by atoms with Crippen LogP contribution >= 0.6 is 0 Å². The third-order valence-electron chi connectivity index (χ3n) is 4.43. The quantitative estimate of drug-likeness (QED) is 0.176. The van der Waals surface area contributed by atoms with Crippen molar-refractivity contribution in [3.05, 3.63) is 0 Å². The second-order valence-electron chi connectivity index (χ2n) is 6.56. The first kappa shape index (κ1) is 25.5. The van der Waals surface area contributed by atoms with E-state index in [9.17, 15) is 4.79 Å². The van der Waals surface area contributed by atoms with Crippen LogP contribution in [-0.2, 0) is 9.53 Å². The van der Waals surface area contributed by atoms with Gasteiger partial charge in [0.2, 0.25) is 0 Å². The molecule has 0 N–H and O–H groups in total. The van der Waals surface area contributed by atoms with Crippen molar-refractivity contribution in [2.75, 3.05) is 6.61 Å². The molecule has 2 nitrogen and oxygen atoms in total. The number of hydrogen-bond donors (Lipinski definition) is 0. The zero-order valence-electron chi connectivity index (χ0n) is 16.2. The molecule has 0 heterocycles. The Labute approximate surface area is 162 Å². The predicted octanol–water partition coefficient (Wildman–Crippen LogP) is 5.75. The summed E-state index contributed by atoms with van der Waals surface area (Å²) >= 11 is 0. The van der Waals surface area contributed by atoms with Gasteiger partial charge in [-0.2, -0.15) is 0 Å². The Morgan fingerprint density at radius 3 is 1.48 bits per heavy atom. The molecule has 0 aromatic heterocycles. The monoisotopic (exact) mass is 434 g/mol. The third-order valence-corrected chi connectivity index (χ3v) is 4.43. The summed E-state index contributed by atoms with van der Waals surface area (Å²) in [4.78, 5) is 12.1. The summed E-state index contributed by atoms with van der Waals surface area (Å²) in [6, 6.07) is 0. The van der Waals surface area contributed by atoms with Crippen LogP contribution in [0.3, 0.4) is 0 Å². The Morgan fingerprint density at radius 2 is 1.09 bits per heavy atom. The van der Waals surface area contributed by atoms with Gasteiger partial charge in [-0.05, 0) is 19.8 Å². The molecule has 0 aromatic rings. The molecule has 0 fully saturated rings. The van der Waals surface area contributed by atoms with Crippen LogP contribution in [0, 0.1) is 5.92 Å². The number of carbonyl (C=O) groups excluding carboxylic acids is 1. The maximum atomic E-state index is 12.1. The first-order valence-corrected chi connectivity index (χ1v) is 9.92. The Morgan fingerprint density at radius 1 is 0.696 bits per heavy atom. The fourth-order valence-corrected chi connectivity index (χ4v) is 2.98. The molecule has 0 amide bonds. The average Bonchev–Trinajstić information content (AvgIpc) is 2.52. The van der Waals surface area contributed by atoms with Crippen molar-refractivity contribution >= 4 is 29.9 Å². The molecule has 0 saturated heterocycles. The van der Waals surface area contributed by atoms with Crippen LogP contribution in [0.25, 0.3) is 0 Å². The van der Waals surface area contributed by atoms with Gasteiger partial charge >= 0.3 is 29.9 Å². The maximum absolute atomic E-state index is 12.1. The summed E-state index contributed by atoms with van der Waals surface area (Å²) in [6.07, 6.45) is 17.6. The molecule has 0 aliphatic heterocycles. The molecule has 0 spiro atoms. The van der Waals surface area contributed by atoms with Crippen LogP contribution in [-0.4, -0.2) is 36.5 Å². The molecule has 138 valence electrons. The van der Waals surface area contributed by atoms with E-state index >= 15 is 0 Å². The normalized spacial score (nSPS) is 10.6. The molecule has 0 rings (SSSR count). The van der Waals surface area contributed by atoms with E-state index in [4.69, 9.17) is 4.74 Å². The van der Waals surface area contributed by atoms with Gasteiger partial charge in [0.15, 0.2) is 0 Å². The fourth-order valence-electron chi connectivity index (χ4n) is 2.98. The average molecular weight is 433 g/mol. The van der Waals surface area contributed by atoms with Gasteiger partial charge in [0.1, 0.15) is 0 Å². The molecule has 3 heteroatoms. The molecule has 0 atom stereocenters. The molecule has 0 unspecified atom stereocenters. The van der Waals surface area contributed by atoms with E-state index in [0.29, 0.717) is 6.61 Å². The third kappa shape index (κ3) is 16.9. The van der Waals surface area contributed by atoms with Gasteiger partial charge in [-0.25, -0.2) is 0 Å². The van der Waals surface area contributed by atoms with Gasteiger partial charge < -0.3 is 4.74 Å². The van der Waals surface area contributed by atoms with Crippen LogP contribution in [0.5, 0.6) is 0 Å². The molecule has 2 radical (unpaired) electrons. The molecular formula is C20H42O2Sn. The van der Waals surface area contributed by atoms with Gasteiger partial charge in [-0.15, -0.1) is 0 Å². The second kappa shape index (κ2) is 20.3. The summed E-state index contributed by atoms with van der Waals surface area (Å²) in [6.45, 7) is 6.92. The van der Waals surface area contributed by atoms with Gasteiger partial charge in [-0.3, -0.25) is 4.79 Å². The van der Waals surface area contributed by atoms with E-state index in [1.807, 2.05) is 6.92 Å². The van der Waals surface area contributed by atoms with Crippen molar-refractivity contribution in [1.82, 2.24) is 0 Å². The van der Waals surface area contributed by atoms with E-state index < -0.39 is 0 Å². The zero-order valence-corrected chi connectivity index (χ0v) is 20.2. The first-order valence-electron chi connectivity index (χ1n) is 9.92. The Balaban J connectivity index is 0. The SMILES string of the molecule is CCCCCCCCC(CCCCCCCC)C(=O)OCC.[SnH2]. The van der Waals surface area contributed by atoms with Crippen molar-refractivity contribution in [1.29, 1.82) is 0 Å². The standard InChI is InChI=1S/C20H40O2.Sn.2H/c1-4-7-9-11-13-15-17-19(20(21)22-6-3)18-16-14-12-10-8-5-2;;;/h19H,4-18H2,1-3H3;;;. The summed E-state index contributed by atoms with van der Waals surface area (Å²) in [5, 5.41) is 0. The van der Waals surface area contributed by atoms with Crippen molar-refractivity contribution in [2.45, 2.75) is 111 Å². The van der Waals surface area contributed by atoms with E-state index in [-0.39, 0.29) is 35.8 Å². The predicted molar refractivity (Wildman–Crippen MR) is 105 cm³/mol. The topological polar surface area (TPSA) is 26.3 Å². The van der Waals surface area contributed by atoms with Crippen LogP contribution in [0.2, 0.25) is 0 Å². The van der Waals surface area contributed by atoms with Crippen molar-refractivity contribution in [3.63, 3.8) is 0 Å². The van der Waals surface area contributed by atoms with Gasteiger partial charge in [-0.1, -0.05) is 90.9 Å². The molecule has 0 aliphatic carbocycles. The summed E-state index contributed by atoms with van der Waals surface area (Å²) < 4.78 is 5.26. The van der Waals surface area contributed by atoms with Gasteiger partial charge in [0, 0.05) is 0 Å². The van der Waals surface area contributed by atoms with E-state index in [2.05, 4.69) is 13.8 Å². The first-order chi connectivity index (χ1) is 10.8. The molecule has 0 aliphatic rings. The van der Waals surface area contributed by atoms with E-state index in [1.54, 1.807) is 0 Å². The number of esters is 1. The number of carbonyl (C=O) groups is 1. The van der Waals surface area contributed by atoms with E-state index in [0.717, 1.165) is 12.8 Å². The number of rotatable bonds is 16. The van der Waals surface area contributed by atoms with Crippen LogP contribution in [0.1, 0.15) is 111 Å². The second-order valence-corrected chi connectivity index (χ2v) is 6.56. The van der Waals surface area contributed by atoms with Crippen molar-refractivity contribution < 1.29 is 9.53 Å². The number of unbranched alkanes of at least 4 members (excludes halogenated alkanes) is 10. The molecule has 0 saturated carbocycles. The Kier molecular flexibility index (Phi) is 22.5. The molecule has 0 bridgehead atoms. The van der Waals surface area contributed by atoms with Crippen LogP contribution in [0.4, 0.5) is 0 Å². The van der Waals surface area contributed by atoms with Crippen molar-refractivity contribution in [2.24, 2.45) is 5.92 Å². The minimum atomic E-state index is 0. The minimum absolute atomic E-state index is 0. The number of ether oxygens (including phenoxy) is 1. The number of hydrogen-bond acceptors (Lipinski definition) is 2. The molecular weight excluding hydrogens is 391 g/mol. The fraction of sp³-hybridized carbons (Fsp3) is 0.950. The van der Waals surface area contributed by atoms with Crippen LogP contribution < -0.4 is 0 Å². The van der Waals surface area contributed by atoms with Gasteiger partial charge in [0.25, 0.3) is 0 Å². The summed E-state index contributed by atoms with van der Waals surface area (Å²) in [5.74, 6) is 0.196. The zero-order chi connectivity index (χ0) is 16.5. The molecule has 23 heavy (non-hydrogen) atoms. The Bertz CT molecular complexity index is 228. The summed E-state index contributed by atoms with van der Waals surface area (Å²) in [7, 11) is 0. The molecule has 0 aromatic carbocycles. The summed E-state index contributed by atoms with van der Waals surface area (Å²) in [5.41, 5.74) is 0. The van der Waals surface area contributed by atoms with Crippen molar-refractivity contribution in [3.8, 4) is 0 Å². The van der Waals surface area contributed by atoms with Crippen LogP contribution in [0.15, 0.2) is 0 Å². The van der Waals surface area contributed by atoms with Gasteiger partial charge in [0.05, 0.1) is 12.5 Å². The van der Waals surface area contributed by atoms with E-state index in [1.165, 1.54) is 77.0 Å².